The number of amides is 1. The lowest BCUT2D eigenvalue weighted by Gasteiger charge is -2.13. The number of hydrogen-bond donors (Lipinski definition) is 2. The molecule has 0 unspecified atom stereocenters. The number of hydrogen-bond acceptors (Lipinski definition) is 3. The molecule has 2 rings (SSSR count). The lowest BCUT2D eigenvalue weighted by atomic mass is 10.3. The van der Waals surface area contributed by atoms with E-state index in [4.69, 9.17) is 5.73 Å². The first kappa shape index (κ1) is 8.86. The van der Waals surface area contributed by atoms with Gasteiger partial charge in [-0.15, -0.1) is 12.4 Å². The van der Waals surface area contributed by atoms with E-state index in [2.05, 4.69) is 10.4 Å². The van der Waals surface area contributed by atoms with Gasteiger partial charge in [0.1, 0.15) is 5.69 Å². The number of nitrogens with zero attached hydrogens (tertiary/aromatic N) is 2. The summed E-state index contributed by atoms with van der Waals surface area (Å²) in [5.74, 6) is -0.133. The Kier molecular flexibility index (Phi) is 2.23. The van der Waals surface area contributed by atoms with Crippen LogP contribution in [0.25, 0.3) is 0 Å². The molecule has 1 aliphatic heterocycles. The van der Waals surface area contributed by atoms with Crippen LogP contribution >= 0.6 is 12.4 Å². The van der Waals surface area contributed by atoms with Gasteiger partial charge in [0, 0.05) is 6.54 Å². The molecule has 1 aliphatic rings. The molecule has 0 bridgehead atoms. The zero-order valence-corrected chi connectivity index (χ0v) is 7.10. The molecule has 5 nitrogen and oxygen atoms in total. The Morgan fingerprint density at radius 2 is 2.42 bits per heavy atom. The first-order valence-electron chi connectivity index (χ1n) is 3.38. The number of nitrogens with two attached hydrogens (primary N) is 1. The Morgan fingerprint density at radius 3 is 3.08 bits per heavy atom. The normalized spacial score (nSPS) is 14.5. The van der Waals surface area contributed by atoms with Crippen molar-refractivity contribution >= 4 is 24.0 Å². The molecule has 0 aliphatic carbocycles. The second-order valence-corrected chi connectivity index (χ2v) is 2.43. The zero-order chi connectivity index (χ0) is 7.84. The first-order chi connectivity index (χ1) is 5.29. The molecule has 0 spiro atoms. The summed E-state index contributed by atoms with van der Waals surface area (Å²) in [6.45, 7) is 1.34. The highest BCUT2D eigenvalue weighted by molar-refractivity contribution is 5.97. The van der Waals surface area contributed by atoms with Crippen molar-refractivity contribution in [3.8, 4) is 0 Å². The summed E-state index contributed by atoms with van der Waals surface area (Å²) >= 11 is 0. The summed E-state index contributed by atoms with van der Waals surface area (Å²) in [6.07, 6.45) is 1.50. The smallest absolute Gasteiger partial charge is 0.271 e. The Labute approximate surface area is 75.3 Å². The minimum atomic E-state index is -0.133. The summed E-state index contributed by atoms with van der Waals surface area (Å²) in [4.78, 5) is 11.1. The molecule has 0 radical (unpaired) electrons. The number of anilines is 1. The topological polar surface area (TPSA) is 72.9 Å². The molecule has 0 saturated heterocycles. The van der Waals surface area contributed by atoms with Crippen molar-refractivity contribution in [3.05, 3.63) is 11.9 Å². The van der Waals surface area contributed by atoms with E-state index in [1.807, 2.05) is 0 Å². The Morgan fingerprint density at radius 1 is 1.67 bits per heavy atom. The molecule has 6 heteroatoms. The van der Waals surface area contributed by atoms with Gasteiger partial charge in [-0.1, -0.05) is 0 Å². The van der Waals surface area contributed by atoms with Crippen molar-refractivity contribution < 1.29 is 4.79 Å². The Hall–Kier alpha value is -1.23. The lowest BCUT2D eigenvalue weighted by molar-refractivity contribution is 0.0925. The number of rotatable bonds is 0. The van der Waals surface area contributed by atoms with Gasteiger partial charge in [0.15, 0.2) is 0 Å². The van der Waals surface area contributed by atoms with Crippen molar-refractivity contribution in [2.75, 3.05) is 12.3 Å². The van der Waals surface area contributed by atoms with Gasteiger partial charge in [-0.2, -0.15) is 5.10 Å². The molecule has 1 aromatic heterocycles. The van der Waals surface area contributed by atoms with Crippen LogP contribution in [0.15, 0.2) is 6.20 Å². The molecule has 3 N–H and O–H groups in total. The molecule has 0 fully saturated rings. The maximum Gasteiger partial charge on any atom is 0.271 e. The van der Waals surface area contributed by atoms with Crippen molar-refractivity contribution in [1.82, 2.24) is 15.1 Å². The van der Waals surface area contributed by atoms with Crippen LogP contribution in [0, 0.1) is 0 Å². The van der Waals surface area contributed by atoms with Crippen LogP contribution in [0.3, 0.4) is 0 Å². The standard InChI is InChI=1S/C6H8N4O.ClH/c7-4-3-9-10-2-1-8-6(11)5(4)10;/h3H,1-2,7H2,(H,8,11);1H. The molecular weight excluding hydrogens is 180 g/mol. The number of halogens is 1. The van der Waals surface area contributed by atoms with Crippen LogP contribution in [0.2, 0.25) is 0 Å². The molecule has 1 aromatic rings. The molecule has 12 heavy (non-hydrogen) atoms. The average molecular weight is 189 g/mol. The number of carbonyl (C=O) groups excluding carboxylic acids is 1. The third kappa shape index (κ3) is 1.12. The summed E-state index contributed by atoms with van der Waals surface area (Å²) in [6, 6.07) is 0. The summed E-state index contributed by atoms with van der Waals surface area (Å²) in [5.41, 5.74) is 6.44. The van der Waals surface area contributed by atoms with Gasteiger partial charge in [0.2, 0.25) is 0 Å². The van der Waals surface area contributed by atoms with E-state index < -0.39 is 0 Å². The summed E-state index contributed by atoms with van der Waals surface area (Å²) in [5, 5.41) is 6.62. The molecule has 0 aromatic carbocycles. The number of nitrogens with one attached hydrogen (secondary N) is 1. The second kappa shape index (κ2) is 3.02. The highest BCUT2D eigenvalue weighted by atomic mass is 35.5. The summed E-state index contributed by atoms with van der Waals surface area (Å²) < 4.78 is 1.62. The van der Waals surface area contributed by atoms with E-state index in [9.17, 15) is 4.79 Å². The Balaban J connectivity index is 0.000000720. The predicted octanol–water partition coefficient (Wildman–Crippen LogP) is -0.370. The molecule has 2 heterocycles. The van der Waals surface area contributed by atoms with Crippen LogP contribution in [-0.4, -0.2) is 22.2 Å². The van der Waals surface area contributed by atoms with Crippen LogP contribution in [0.5, 0.6) is 0 Å². The minimum Gasteiger partial charge on any atom is -0.396 e. The van der Waals surface area contributed by atoms with Gasteiger partial charge < -0.3 is 11.1 Å². The third-order valence-corrected chi connectivity index (χ3v) is 1.69. The first-order valence-corrected chi connectivity index (χ1v) is 3.38. The largest absolute Gasteiger partial charge is 0.396 e. The predicted molar refractivity (Wildman–Crippen MR) is 46.2 cm³/mol. The highest BCUT2D eigenvalue weighted by Crippen LogP contribution is 2.12. The van der Waals surface area contributed by atoms with Gasteiger partial charge in [-0.25, -0.2) is 0 Å². The lowest BCUT2D eigenvalue weighted by Crippen LogP contribution is -2.35. The van der Waals surface area contributed by atoms with Crippen LogP contribution in [0.1, 0.15) is 10.5 Å². The van der Waals surface area contributed by atoms with Gasteiger partial charge in [0.05, 0.1) is 18.4 Å². The van der Waals surface area contributed by atoms with Gasteiger partial charge >= 0.3 is 0 Å². The maximum atomic E-state index is 11.1. The van der Waals surface area contributed by atoms with E-state index in [1.54, 1.807) is 4.68 Å². The fraction of sp³-hybridized carbons (Fsp3) is 0.333. The van der Waals surface area contributed by atoms with Crippen LogP contribution < -0.4 is 11.1 Å². The van der Waals surface area contributed by atoms with Gasteiger partial charge in [-0.3, -0.25) is 9.48 Å². The zero-order valence-electron chi connectivity index (χ0n) is 6.28. The van der Waals surface area contributed by atoms with E-state index in [1.165, 1.54) is 6.20 Å². The fourth-order valence-corrected chi connectivity index (χ4v) is 1.18. The number of aromatic nitrogens is 2. The molecule has 0 saturated carbocycles. The van der Waals surface area contributed by atoms with Gasteiger partial charge in [0.25, 0.3) is 5.91 Å². The van der Waals surface area contributed by atoms with Crippen LogP contribution in [0.4, 0.5) is 5.69 Å². The van der Waals surface area contributed by atoms with Crippen molar-refractivity contribution in [2.45, 2.75) is 6.54 Å². The van der Waals surface area contributed by atoms with E-state index in [0.717, 1.165) is 0 Å². The average Bonchev–Trinajstić information content (AvgIpc) is 2.34. The fourth-order valence-electron chi connectivity index (χ4n) is 1.18. The molecule has 66 valence electrons. The summed E-state index contributed by atoms with van der Waals surface area (Å²) in [7, 11) is 0. The highest BCUT2D eigenvalue weighted by Gasteiger charge is 2.19. The molecule has 1 amide bonds. The van der Waals surface area contributed by atoms with Gasteiger partial charge in [-0.05, 0) is 0 Å². The van der Waals surface area contributed by atoms with Crippen molar-refractivity contribution in [2.24, 2.45) is 0 Å². The van der Waals surface area contributed by atoms with Crippen molar-refractivity contribution in [3.63, 3.8) is 0 Å². The quantitative estimate of drug-likeness (QED) is 0.584. The van der Waals surface area contributed by atoms with Crippen molar-refractivity contribution in [1.29, 1.82) is 0 Å². The third-order valence-electron chi connectivity index (χ3n) is 1.69. The van der Waals surface area contributed by atoms with Crippen LogP contribution in [-0.2, 0) is 6.54 Å². The van der Waals surface area contributed by atoms with E-state index in [-0.39, 0.29) is 18.3 Å². The minimum absolute atomic E-state index is 0. The number of fused-ring (bicyclic) bond motifs is 1. The molecule has 0 atom stereocenters. The molecular formula is C6H9ClN4O. The monoisotopic (exact) mass is 188 g/mol. The number of carbonyl (C=O) groups is 1. The van der Waals surface area contributed by atoms with E-state index >= 15 is 0 Å². The maximum absolute atomic E-state index is 11.1. The SMILES string of the molecule is Cl.Nc1cnn2c1C(=O)NCC2. The van der Waals surface area contributed by atoms with E-state index in [0.29, 0.717) is 24.5 Å². The Bertz CT molecular complexity index is 308. The number of nitrogen functional groups attached to an aromatic ring is 1. The second-order valence-electron chi connectivity index (χ2n) is 2.43.